The van der Waals surface area contributed by atoms with Crippen LogP contribution in [0.2, 0.25) is 0 Å². The van der Waals surface area contributed by atoms with Gasteiger partial charge in [-0.3, -0.25) is 9.59 Å². The van der Waals surface area contributed by atoms with Crippen LogP contribution in [0, 0.1) is 5.82 Å². The molecule has 2 heterocycles. The molecule has 23 heavy (non-hydrogen) atoms. The molecule has 116 valence electrons. The number of benzene rings is 1. The minimum Gasteiger partial charge on any atom is -0.364 e. The van der Waals surface area contributed by atoms with E-state index in [1.165, 1.54) is 12.1 Å². The number of nitrogens with one attached hydrogen (secondary N) is 2. The summed E-state index contributed by atoms with van der Waals surface area (Å²) in [6.45, 7) is 0. The summed E-state index contributed by atoms with van der Waals surface area (Å²) in [6, 6.07) is 8.00. The van der Waals surface area contributed by atoms with E-state index in [1.807, 2.05) is 0 Å². The summed E-state index contributed by atoms with van der Waals surface area (Å²) in [5, 5.41) is 12.3. The lowest BCUT2D eigenvalue weighted by Gasteiger charge is -1.98. The van der Waals surface area contributed by atoms with Crippen LogP contribution in [0.25, 0.3) is 0 Å². The van der Waals surface area contributed by atoms with Crippen LogP contribution in [0.15, 0.2) is 36.5 Å². The second-order valence-electron chi connectivity index (χ2n) is 5.00. The van der Waals surface area contributed by atoms with Gasteiger partial charge in [0.05, 0.1) is 6.42 Å². The first kappa shape index (κ1) is 14.8. The molecule has 2 N–H and O–H groups in total. The molecular formula is C15H12FN5O2. The predicted molar refractivity (Wildman–Crippen MR) is 77.2 cm³/mol. The van der Waals surface area contributed by atoms with Crippen molar-refractivity contribution in [2.75, 3.05) is 0 Å². The van der Waals surface area contributed by atoms with Crippen molar-refractivity contribution in [3.05, 3.63) is 65.0 Å². The SMILES string of the molecule is O=C(Cc1cc(Cc2ccc(F)cc2)c[nH]1)C(=O)c1nn[nH]n1. The fourth-order valence-electron chi connectivity index (χ4n) is 2.17. The molecule has 0 fully saturated rings. The van der Waals surface area contributed by atoms with Gasteiger partial charge in [-0.25, -0.2) is 4.39 Å². The molecule has 0 amide bonds. The van der Waals surface area contributed by atoms with Crippen molar-refractivity contribution in [1.29, 1.82) is 0 Å². The monoisotopic (exact) mass is 313 g/mol. The molecule has 7 nitrogen and oxygen atoms in total. The number of carbonyl (C=O) groups is 2. The van der Waals surface area contributed by atoms with Crippen LogP contribution in [-0.4, -0.2) is 37.2 Å². The van der Waals surface area contributed by atoms with Crippen molar-refractivity contribution in [2.45, 2.75) is 12.8 Å². The average molecular weight is 313 g/mol. The van der Waals surface area contributed by atoms with Crippen LogP contribution in [0.1, 0.15) is 27.4 Å². The molecule has 1 aromatic carbocycles. The Hall–Kier alpha value is -3.16. The van der Waals surface area contributed by atoms with Gasteiger partial charge < -0.3 is 4.98 Å². The van der Waals surface area contributed by atoms with Crippen molar-refractivity contribution in [2.24, 2.45) is 0 Å². The first-order valence-corrected chi connectivity index (χ1v) is 6.83. The van der Waals surface area contributed by atoms with E-state index in [4.69, 9.17) is 0 Å². The van der Waals surface area contributed by atoms with E-state index < -0.39 is 11.6 Å². The Labute approximate surface area is 129 Å². The Morgan fingerprint density at radius 1 is 1.13 bits per heavy atom. The molecular weight excluding hydrogens is 301 g/mol. The first-order valence-electron chi connectivity index (χ1n) is 6.83. The molecule has 3 rings (SSSR count). The second kappa shape index (κ2) is 6.30. The van der Waals surface area contributed by atoms with E-state index in [1.54, 1.807) is 24.4 Å². The largest absolute Gasteiger partial charge is 0.364 e. The summed E-state index contributed by atoms with van der Waals surface area (Å²) >= 11 is 0. The first-order chi connectivity index (χ1) is 11.1. The molecule has 0 unspecified atom stereocenters. The average Bonchev–Trinajstić information content (AvgIpc) is 3.21. The molecule has 0 saturated carbocycles. The van der Waals surface area contributed by atoms with Gasteiger partial charge in [-0.05, 0) is 41.0 Å². The molecule has 0 spiro atoms. The van der Waals surface area contributed by atoms with Crippen LogP contribution >= 0.6 is 0 Å². The predicted octanol–water partition coefficient (Wildman–Crippen LogP) is 1.25. The summed E-state index contributed by atoms with van der Waals surface area (Å²) < 4.78 is 12.9. The number of Topliss-reactive ketones (excluding diaryl/α,β-unsaturated/α-hetero) is 2. The van der Waals surface area contributed by atoms with Gasteiger partial charge in [-0.1, -0.05) is 12.1 Å². The van der Waals surface area contributed by atoms with Crippen LogP contribution in [0.5, 0.6) is 0 Å². The van der Waals surface area contributed by atoms with E-state index >= 15 is 0 Å². The van der Waals surface area contributed by atoms with Gasteiger partial charge in [-0.2, -0.15) is 5.21 Å². The quantitative estimate of drug-likeness (QED) is 0.526. The maximum absolute atomic E-state index is 12.9. The third-order valence-electron chi connectivity index (χ3n) is 3.28. The van der Waals surface area contributed by atoms with Crippen LogP contribution in [0.4, 0.5) is 4.39 Å². The highest BCUT2D eigenvalue weighted by Gasteiger charge is 2.21. The maximum atomic E-state index is 12.9. The minimum absolute atomic E-state index is 0.0726. The zero-order valence-electron chi connectivity index (χ0n) is 11.9. The van der Waals surface area contributed by atoms with Gasteiger partial charge in [0, 0.05) is 11.9 Å². The number of tetrazole rings is 1. The maximum Gasteiger partial charge on any atom is 0.269 e. The molecule has 0 saturated heterocycles. The number of nitrogens with zero attached hydrogens (tertiary/aromatic N) is 3. The summed E-state index contributed by atoms with van der Waals surface area (Å²) in [6.07, 6.45) is 2.28. The molecule has 0 aliphatic rings. The highest BCUT2D eigenvalue weighted by atomic mass is 19.1. The number of carbonyl (C=O) groups excluding carboxylic acids is 2. The second-order valence-corrected chi connectivity index (χ2v) is 5.00. The van der Waals surface area contributed by atoms with Gasteiger partial charge >= 0.3 is 0 Å². The van der Waals surface area contributed by atoms with E-state index in [2.05, 4.69) is 25.6 Å². The smallest absolute Gasteiger partial charge is 0.269 e. The number of hydrogen-bond donors (Lipinski definition) is 2. The van der Waals surface area contributed by atoms with Gasteiger partial charge in [-0.15, -0.1) is 10.2 Å². The Morgan fingerprint density at radius 2 is 1.91 bits per heavy atom. The zero-order chi connectivity index (χ0) is 16.2. The number of hydrogen-bond acceptors (Lipinski definition) is 5. The van der Waals surface area contributed by atoms with Crippen molar-refractivity contribution in [3.8, 4) is 0 Å². The number of aromatic nitrogens is 5. The third kappa shape index (κ3) is 3.54. The van der Waals surface area contributed by atoms with Crippen molar-refractivity contribution in [3.63, 3.8) is 0 Å². The number of rotatable bonds is 6. The number of ketones is 2. The van der Waals surface area contributed by atoms with Gasteiger partial charge in [0.2, 0.25) is 11.6 Å². The van der Waals surface area contributed by atoms with E-state index in [0.29, 0.717) is 12.1 Å². The number of halogens is 1. The molecule has 0 bridgehead atoms. The Bertz CT molecular complexity index is 824. The highest BCUT2D eigenvalue weighted by Crippen LogP contribution is 2.12. The van der Waals surface area contributed by atoms with Crippen LogP contribution < -0.4 is 0 Å². The number of aromatic amines is 2. The summed E-state index contributed by atoms with van der Waals surface area (Å²) in [5.41, 5.74) is 2.50. The van der Waals surface area contributed by atoms with Crippen LogP contribution in [0.3, 0.4) is 0 Å². The molecule has 0 atom stereocenters. The lowest BCUT2D eigenvalue weighted by molar-refractivity contribution is -0.114. The van der Waals surface area contributed by atoms with Gasteiger partial charge in [0.1, 0.15) is 5.82 Å². The van der Waals surface area contributed by atoms with E-state index in [0.717, 1.165) is 11.1 Å². The highest BCUT2D eigenvalue weighted by molar-refractivity contribution is 6.42. The molecule has 3 aromatic rings. The van der Waals surface area contributed by atoms with Gasteiger partial charge in [0.25, 0.3) is 5.78 Å². The Morgan fingerprint density at radius 3 is 2.61 bits per heavy atom. The van der Waals surface area contributed by atoms with Crippen molar-refractivity contribution >= 4 is 11.6 Å². The molecule has 0 aliphatic carbocycles. The fraction of sp³-hybridized carbons (Fsp3) is 0.133. The van der Waals surface area contributed by atoms with Crippen molar-refractivity contribution < 1.29 is 14.0 Å². The molecule has 0 aliphatic heterocycles. The topological polar surface area (TPSA) is 104 Å². The van der Waals surface area contributed by atoms with Crippen LogP contribution in [-0.2, 0) is 17.6 Å². The lowest BCUT2D eigenvalue weighted by atomic mass is 10.1. The summed E-state index contributed by atoms with van der Waals surface area (Å²) in [5.74, 6) is -1.93. The van der Waals surface area contributed by atoms with E-state index in [9.17, 15) is 14.0 Å². The minimum atomic E-state index is -0.784. The fourth-order valence-corrected chi connectivity index (χ4v) is 2.17. The van der Waals surface area contributed by atoms with E-state index in [-0.39, 0.29) is 18.1 Å². The normalized spacial score (nSPS) is 10.7. The molecule has 0 radical (unpaired) electrons. The standard InChI is InChI=1S/C15H12FN5O2/c16-11-3-1-9(2-4-11)5-10-6-12(17-8-10)7-13(22)14(23)15-18-20-21-19-15/h1-4,6,8,17H,5,7H2,(H,18,19,20,21). The van der Waals surface area contributed by atoms with Gasteiger partial charge in [0.15, 0.2) is 0 Å². The molecule has 8 heteroatoms. The number of H-pyrrole nitrogens is 2. The summed E-state index contributed by atoms with van der Waals surface area (Å²) in [4.78, 5) is 26.6. The Kier molecular flexibility index (Phi) is 4.05. The zero-order valence-corrected chi connectivity index (χ0v) is 11.9. The van der Waals surface area contributed by atoms with Crippen molar-refractivity contribution in [1.82, 2.24) is 25.6 Å². The lowest BCUT2D eigenvalue weighted by Crippen LogP contribution is -2.18. The summed E-state index contributed by atoms with van der Waals surface area (Å²) in [7, 11) is 0. The third-order valence-corrected chi connectivity index (χ3v) is 3.28. The molecule has 2 aromatic heterocycles. The Balaban J connectivity index is 1.64.